The van der Waals surface area contributed by atoms with Crippen molar-refractivity contribution in [3.8, 4) is 0 Å². The molecule has 3 nitrogen and oxygen atoms in total. The molecule has 1 fully saturated rings. The van der Waals surface area contributed by atoms with Crippen LogP contribution in [-0.4, -0.2) is 37.6 Å². The normalized spacial score (nSPS) is 22.4. The molecular weight excluding hydrogens is 205 g/mol. The fourth-order valence-electron chi connectivity index (χ4n) is 2.27. The Morgan fingerprint density at radius 1 is 1.38 bits per heavy atom. The van der Waals surface area contributed by atoms with Gasteiger partial charge in [0.25, 0.3) is 0 Å². The molecule has 16 heavy (non-hydrogen) atoms. The third-order valence-electron chi connectivity index (χ3n) is 3.17. The molecule has 0 bridgehead atoms. The summed E-state index contributed by atoms with van der Waals surface area (Å²) in [7, 11) is 2.10. The summed E-state index contributed by atoms with van der Waals surface area (Å²) in [6.07, 6.45) is 0. The molecule has 1 aromatic carbocycles. The molecule has 88 valence electrons. The van der Waals surface area contributed by atoms with Crippen molar-refractivity contribution in [1.29, 1.82) is 0 Å². The van der Waals surface area contributed by atoms with E-state index in [1.165, 1.54) is 6.07 Å². The number of piperazine rings is 1. The predicted octanol–water partition coefficient (Wildman–Crippen LogP) is 1.55. The summed E-state index contributed by atoms with van der Waals surface area (Å²) in [5.74, 6) is -0.330. The molecule has 0 aromatic heterocycles. The van der Waals surface area contributed by atoms with Crippen LogP contribution in [0.5, 0.6) is 0 Å². The van der Waals surface area contributed by atoms with Gasteiger partial charge in [0.05, 0.1) is 11.4 Å². The fourth-order valence-corrected chi connectivity index (χ4v) is 2.27. The zero-order valence-electron chi connectivity index (χ0n) is 9.78. The van der Waals surface area contributed by atoms with E-state index in [0.717, 1.165) is 25.3 Å². The summed E-state index contributed by atoms with van der Waals surface area (Å²) in [5, 5.41) is 0. The molecule has 0 amide bonds. The van der Waals surface area contributed by atoms with E-state index in [9.17, 15) is 4.39 Å². The van der Waals surface area contributed by atoms with Gasteiger partial charge in [0.1, 0.15) is 5.82 Å². The minimum Gasteiger partial charge on any atom is -0.395 e. The minimum absolute atomic E-state index is 0.263. The molecule has 1 unspecified atom stereocenters. The molecule has 0 saturated carbocycles. The van der Waals surface area contributed by atoms with Crippen molar-refractivity contribution in [1.82, 2.24) is 4.90 Å². The molecule has 0 aliphatic carbocycles. The van der Waals surface area contributed by atoms with E-state index in [2.05, 4.69) is 23.8 Å². The van der Waals surface area contributed by atoms with Crippen molar-refractivity contribution >= 4 is 11.4 Å². The summed E-state index contributed by atoms with van der Waals surface area (Å²) in [6, 6.07) is 5.37. The van der Waals surface area contributed by atoms with Crippen molar-refractivity contribution in [2.75, 3.05) is 37.3 Å². The van der Waals surface area contributed by atoms with E-state index in [0.29, 0.717) is 6.04 Å². The third-order valence-corrected chi connectivity index (χ3v) is 3.17. The van der Waals surface area contributed by atoms with Crippen molar-refractivity contribution < 1.29 is 4.39 Å². The van der Waals surface area contributed by atoms with Gasteiger partial charge in [-0.05, 0) is 26.1 Å². The average molecular weight is 223 g/mol. The van der Waals surface area contributed by atoms with E-state index in [-0.39, 0.29) is 11.5 Å². The van der Waals surface area contributed by atoms with Gasteiger partial charge in [-0.15, -0.1) is 0 Å². The van der Waals surface area contributed by atoms with Crippen LogP contribution in [0.15, 0.2) is 18.2 Å². The number of nitrogens with zero attached hydrogens (tertiary/aromatic N) is 2. The molecular formula is C12H18FN3. The standard InChI is InChI=1S/C12H18FN3/c1-9-8-15(2)6-7-16(9)11-5-3-4-10(13)12(11)14/h3-5,9H,6-8,14H2,1-2H3. The highest BCUT2D eigenvalue weighted by Gasteiger charge is 2.23. The first kappa shape index (κ1) is 11.2. The Balaban J connectivity index is 2.27. The van der Waals surface area contributed by atoms with E-state index in [1.54, 1.807) is 6.07 Å². The molecule has 0 radical (unpaired) electrons. The molecule has 4 heteroatoms. The summed E-state index contributed by atoms with van der Waals surface area (Å²) >= 11 is 0. The van der Waals surface area contributed by atoms with E-state index in [4.69, 9.17) is 5.73 Å². The van der Waals surface area contributed by atoms with Crippen LogP contribution in [-0.2, 0) is 0 Å². The highest BCUT2D eigenvalue weighted by atomic mass is 19.1. The van der Waals surface area contributed by atoms with Gasteiger partial charge in [0.2, 0.25) is 0 Å². The lowest BCUT2D eigenvalue weighted by molar-refractivity contribution is 0.275. The smallest absolute Gasteiger partial charge is 0.148 e. The molecule has 2 N–H and O–H groups in total. The summed E-state index contributed by atoms with van der Waals surface area (Å²) in [4.78, 5) is 4.45. The highest BCUT2D eigenvalue weighted by Crippen LogP contribution is 2.28. The second-order valence-electron chi connectivity index (χ2n) is 4.48. The Morgan fingerprint density at radius 3 is 2.81 bits per heavy atom. The maximum Gasteiger partial charge on any atom is 0.148 e. The van der Waals surface area contributed by atoms with Gasteiger partial charge in [-0.1, -0.05) is 6.07 Å². The van der Waals surface area contributed by atoms with E-state index < -0.39 is 0 Å². The molecule has 1 aliphatic rings. The van der Waals surface area contributed by atoms with Gasteiger partial charge in [-0.25, -0.2) is 4.39 Å². The van der Waals surface area contributed by atoms with Crippen molar-refractivity contribution in [2.45, 2.75) is 13.0 Å². The lowest BCUT2D eigenvalue weighted by Gasteiger charge is -2.40. The Labute approximate surface area is 95.6 Å². The van der Waals surface area contributed by atoms with Gasteiger partial charge in [-0.2, -0.15) is 0 Å². The van der Waals surface area contributed by atoms with Crippen LogP contribution in [0.2, 0.25) is 0 Å². The number of benzene rings is 1. The number of nitrogen functional groups attached to an aromatic ring is 1. The highest BCUT2D eigenvalue weighted by molar-refractivity contribution is 5.68. The number of anilines is 2. The number of para-hydroxylation sites is 1. The van der Waals surface area contributed by atoms with E-state index in [1.807, 2.05) is 6.07 Å². The second-order valence-corrected chi connectivity index (χ2v) is 4.48. The quantitative estimate of drug-likeness (QED) is 0.733. The zero-order valence-corrected chi connectivity index (χ0v) is 9.78. The van der Waals surface area contributed by atoms with Crippen LogP contribution < -0.4 is 10.6 Å². The van der Waals surface area contributed by atoms with Crippen LogP contribution >= 0.6 is 0 Å². The number of halogens is 1. The molecule has 1 aliphatic heterocycles. The Bertz CT molecular complexity index is 381. The minimum atomic E-state index is -0.330. The van der Waals surface area contributed by atoms with Crippen LogP contribution in [0.25, 0.3) is 0 Å². The topological polar surface area (TPSA) is 32.5 Å². The van der Waals surface area contributed by atoms with Crippen LogP contribution in [0, 0.1) is 5.82 Å². The van der Waals surface area contributed by atoms with Gasteiger partial charge in [0, 0.05) is 25.7 Å². The van der Waals surface area contributed by atoms with Gasteiger partial charge < -0.3 is 15.5 Å². The third kappa shape index (κ3) is 1.97. The predicted molar refractivity (Wildman–Crippen MR) is 65.1 cm³/mol. The monoisotopic (exact) mass is 223 g/mol. The second kappa shape index (κ2) is 4.29. The first-order valence-electron chi connectivity index (χ1n) is 5.58. The van der Waals surface area contributed by atoms with Gasteiger partial charge >= 0.3 is 0 Å². The Morgan fingerprint density at radius 2 is 2.12 bits per heavy atom. The number of hydrogen-bond donors (Lipinski definition) is 1. The van der Waals surface area contributed by atoms with Crippen molar-refractivity contribution in [3.63, 3.8) is 0 Å². The van der Waals surface area contributed by atoms with Gasteiger partial charge in [-0.3, -0.25) is 0 Å². The largest absolute Gasteiger partial charge is 0.395 e. The summed E-state index contributed by atoms with van der Waals surface area (Å²) in [6.45, 7) is 5.00. The summed E-state index contributed by atoms with van der Waals surface area (Å²) in [5.41, 5.74) is 6.86. The molecule has 0 spiro atoms. The maximum atomic E-state index is 13.4. The maximum absolute atomic E-state index is 13.4. The number of hydrogen-bond acceptors (Lipinski definition) is 3. The average Bonchev–Trinajstić information content (AvgIpc) is 2.23. The number of nitrogens with two attached hydrogens (primary N) is 1. The number of likely N-dealkylation sites (N-methyl/N-ethyl adjacent to an activating group) is 1. The SMILES string of the molecule is CC1CN(C)CCN1c1cccc(F)c1N. The molecule has 1 atom stereocenters. The molecule has 1 saturated heterocycles. The Kier molecular flexibility index (Phi) is 3.01. The Hall–Kier alpha value is -1.29. The van der Waals surface area contributed by atoms with Crippen molar-refractivity contribution in [3.05, 3.63) is 24.0 Å². The first-order valence-corrected chi connectivity index (χ1v) is 5.58. The molecule has 1 heterocycles. The van der Waals surface area contributed by atoms with Crippen LogP contribution in [0.1, 0.15) is 6.92 Å². The summed E-state index contributed by atoms with van der Waals surface area (Å²) < 4.78 is 13.4. The van der Waals surface area contributed by atoms with Crippen LogP contribution in [0.3, 0.4) is 0 Å². The fraction of sp³-hybridized carbons (Fsp3) is 0.500. The van der Waals surface area contributed by atoms with Crippen molar-refractivity contribution in [2.24, 2.45) is 0 Å². The number of rotatable bonds is 1. The van der Waals surface area contributed by atoms with E-state index >= 15 is 0 Å². The van der Waals surface area contributed by atoms with Crippen LogP contribution in [0.4, 0.5) is 15.8 Å². The first-order chi connectivity index (χ1) is 7.59. The van der Waals surface area contributed by atoms with Gasteiger partial charge in [0.15, 0.2) is 0 Å². The molecule has 1 aromatic rings. The molecule has 2 rings (SSSR count). The lowest BCUT2D eigenvalue weighted by Crippen LogP contribution is -2.50. The zero-order chi connectivity index (χ0) is 11.7. The lowest BCUT2D eigenvalue weighted by atomic mass is 10.1.